The van der Waals surface area contributed by atoms with Crippen LogP contribution >= 0.6 is 0 Å². The number of ether oxygens (including phenoxy) is 1. The number of amides is 1. The molecule has 2 rings (SSSR count). The summed E-state index contributed by atoms with van der Waals surface area (Å²) in [7, 11) is 1.63. The van der Waals surface area contributed by atoms with Crippen molar-refractivity contribution in [3.8, 4) is 5.75 Å². The van der Waals surface area contributed by atoms with E-state index < -0.39 is 12.1 Å². The molecule has 1 aromatic carbocycles. The van der Waals surface area contributed by atoms with Crippen LogP contribution < -0.4 is 15.8 Å². The van der Waals surface area contributed by atoms with E-state index in [9.17, 15) is 9.90 Å². The second kappa shape index (κ2) is 9.64. The van der Waals surface area contributed by atoms with Crippen molar-refractivity contribution in [1.29, 1.82) is 0 Å². The summed E-state index contributed by atoms with van der Waals surface area (Å²) in [5, 5.41) is 12.9. The fourth-order valence-corrected chi connectivity index (χ4v) is 3.39. The molecule has 134 valence electrons. The minimum atomic E-state index is -1.13. The maximum Gasteiger partial charge on any atom is 0.250 e. The first-order valence-corrected chi connectivity index (χ1v) is 8.94. The Labute approximate surface area is 144 Å². The standard InChI is InChI=1S/C19H30N2O3/c1-24-16-9-5-8-15(12-16)10-11-21-19(23)18(22)17(20)13-14-6-3-2-4-7-14/h5,8-9,12,14,17-18,22H,2-4,6-7,10-11,13,20H2,1H3,(H,21,23)/t17-,18?/m1/s1. The number of carbonyl (C=O) groups excluding carboxylic acids is 1. The van der Waals surface area contributed by atoms with Crippen molar-refractivity contribution in [2.75, 3.05) is 13.7 Å². The molecule has 5 nitrogen and oxygen atoms in total. The van der Waals surface area contributed by atoms with E-state index in [0.717, 1.165) is 30.6 Å². The number of hydrogen-bond acceptors (Lipinski definition) is 4. The Bertz CT molecular complexity index is 515. The second-order valence-corrected chi connectivity index (χ2v) is 6.74. The van der Waals surface area contributed by atoms with Gasteiger partial charge in [0.2, 0.25) is 5.91 Å². The first kappa shape index (κ1) is 18.7. The summed E-state index contributed by atoms with van der Waals surface area (Å²) < 4.78 is 5.18. The van der Waals surface area contributed by atoms with Crippen molar-refractivity contribution in [2.45, 2.75) is 57.1 Å². The number of carbonyl (C=O) groups is 1. The smallest absolute Gasteiger partial charge is 0.250 e. The number of hydrogen-bond donors (Lipinski definition) is 3. The van der Waals surface area contributed by atoms with Crippen molar-refractivity contribution in [2.24, 2.45) is 11.7 Å². The average molecular weight is 334 g/mol. The molecule has 1 amide bonds. The zero-order valence-electron chi connectivity index (χ0n) is 14.5. The van der Waals surface area contributed by atoms with E-state index in [4.69, 9.17) is 10.5 Å². The van der Waals surface area contributed by atoms with Crippen LogP contribution in [-0.2, 0) is 11.2 Å². The molecule has 2 atom stereocenters. The minimum Gasteiger partial charge on any atom is -0.497 e. The predicted octanol–water partition coefficient (Wildman–Crippen LogP) is 2.01. The molecule has 0 aliphatic heterocycles. The van der Waals surface area contributed by atoms with Gasteiger partial charge in [-0.2, -0.15) is 0 Å². The molecular weight excluding hydrogens is 304 g/mol. The van der Waals surface area contributed by atoms with Crippen molar-refractivity contribution in [1.82, 2.24) is 5.32 Å². The van der Waals surface area contributed by atoms with E-state index in [1.54, 1.807) is 7.11 Å². The molecule has 0 radical (unpaired) electrons. The number of methoxy groups -OCH3 is 1. The maximum absolute atomic E-state index is 12.1. The van der Waals surface area contributed by atoms with Gasteiger partial charge in [0.15, 0.2) is 0 Å². The quantitative estimate of drug-likeness (QED) is 0.679. The van der Waals surface area contributed by atoms with Crippen LogP contribution in [0.4, 0.5) is 0 Å². The molecule has 1 fully saturated rings. The number of benzene rings is 1. The summed E-state index contributed by atoms with van der Waals surface area (Å²) in [5.74, 6) is 0.975. The van der Waals surface area contributed by atoms with Crippen LogP contribution in [0.5, 0.6) is 5.75 Å². The van der Waals surface area contributed by atoms with Gasteiger partial charge in [0.05, 0.1) is 7.11 Å². The molecule has 1 aliphatic rings. The lowest BCUT2D eigenvalue weighted by Gasteiger charge is -2.26. The summed E-state index contributed by atoms with van der Waals surface area (Å²) in [5.41, 5.74) is 7.12. The summed E-state index contributed by atoms with van der Waals surface area (Å²) in [6, 6.07) is 7.25. The van der Waals surface area contributed by atoms with Crippen LogP contribution in [0.2, 0.25) is 0 Å². The van der Waals surface area contributed by atoms with E-state index in [1.807, 2.05) is 24.3 Å². The monoisotopic (exact) mass is 334 g/mol. The van der Waals surface area contributed by atoms with Gasteiger partial charge in [-0.05, 0) is 36.5 Å². The number of nitrogens with two attached hydrogens (primary N) is 1. The lowest BCUT2D eigenvalue weighted by molar-refractivity contribution is -0.130. The highest BCUT2D eigenvalue weighted by Crippen LogP contribution is 2.27. The van der Waals surface area contributed by atoms with Gasteiger partial charge in [0.1, 0.15) is 11.9 Å². The van der Waals surface area contributed by atoms with Crippen LogP contribution in [0.15, 0.2) is 24.3 Å². The lowest BCUT2D eigenvalue weighted by atomic mass is 9.84. The van der Waals surface area contributed by atoms with Crippen molar-refractivity contribution < 1.29 is 14.6 Å². The van der Waals surface area contributed by atoms with Crippen LogP contribution in [0, 0.1) is 5.92 Å². The first-order valence-electron chi connectivity index (χ1n) is 8.94. The molecule has 1 aliphatic carbocycles. The SMILES string of the molecule is COc1cccc(CCNC(=O)C(O)[C@H](N)CC2CCCCC2)c1. The normalized spacial score (nSPS) is 18.0. The Morgan fingerprint density at radius 2 is 2.12 bits per heavy atom. The molecule has 5 heteroatoms. The van der Waals surface area contributed by atoms with Gasteiger partial charge in [-0.1, -0.05) is 44.2 Å². The van der Waals surface area contributed by atoms with E-state index in [-0.39, 0.29) is 5.91 Å². The van der Waals surface area contributed by atoms with Gasteiger partial charge in [-0.3, -0.25) is 4.79 Å². The van der Waals surface area contributed by atoms with Gasteiger partial charge >= 0.3 is 0 Å². The molecule has 1 aromatic rings. The number of aliphatic hydroxyl groups is 1. The van der Waals surface area contributed by atoms with Crippen LogP contribution in [0.3, 0.4) is 0 Å². The van der Waals surface area contributed by atoms with Gasteiger partial charge in [0.25, 0.3) is 0 Å². The summed E-state index contributed by atoms with van der Waals surface area (Å²) in [4.78, 5) is 12.1. The van der Waals surface area contributed by atoms with Crippen LogP contribution in [-0.4, -0.2) is 36.8 Å². The van der Waals surface area contributed by atoms with Gasteiger partial charge in [-0.25, -0.2) is 0 Å². The van der Waals surface area contributed by atoms with E-state index in [2.05, 4.69) is 5.32 Å². The largest absolute Gasteiger partial charge is 0.497 e. The second-order valence-electron chi connectivity index (χ2n) is 6.74. The first-order chi connectivity index (χ1) is 11.6. The van der Waals surface area contributed by atoms with Gasteiger partial charge < -0.3 is 20.9 Å². The Morgan fingerprint density at radius 1 is 1.38 bits per heavy atom. The van der Waals surface area contributed by atoms with Crippen molar-refractivity contribution >= 4 is 5.91 Å². The molecule has 0 aromatic heterocycles. The fraction of sp³-hybridized carbons (Fsp3) is 0.632. The summed E-state index contributed by atoms with van der Waals surface area (Å²) in [6.07, 6.45) is 6.38. The van der Waals surface area contributed by atoms with E-state index in [1.165, 1.54) is 19.3 Å². The van der Waals surface area contributed by atoms with Crippen LogP contribution in [0.1, 0.15) is 44.1 Å². The molecule has 1 saturated carbocycles. The molecule has 0 heterocycles. The zero-order valence-corrected chi connectivity index (χ0v) is 14.5. The number of rotatable bonds is 8. The third-order valence-electron chi connectivity index (χ3n) is 4.85. The summed E-state index contributed by atoms with van der Waals surface area (Å²) in [6.45, 7) is 0.471. The van der Waals surface area contributed by atoms with Crippen LogP contribution in [0.25, 0.3) is 0 Å². The van der Waals surface area contributed by atoms with Crippen molar-refractivity contribution in [3.63, 3.8) is 0 Å². The van der Waals surface area contributed by atoms with Crippen molar-refractivity contribution in [3.05, 3.63) is 29.8 Å². The number of nitrogens with one attached hydrogen (secondary N) is 1. The highest BCUT2D eigenvalue weighted by Gasteiger charge is 2.26. The Morgan fingerprint density at radius 3 is 2.83 bits per heavy atom. The molecule has 1 unspecified atom stereocenters. The Hall–Kier alpha value is -1.59. The molecule has 0 saturated heterocycles. The zero-order chi connectivity index (χ0) is 17.4. The average Bonchev–Trinajstić information content (AvgIpc) is 2.62. The maximum atomic E-state index is 12.1. The minimum absolute atomic E-state index is 0.374. The highest BCUT2D eigenvalue weighted by molar-refractivity contribution is 5.81. The predicted molar refractivity (Wildman–Crippen MR) is 94.9 cm³/mol. The highest BCUT2D eigenvalue weighted by atomic mass is 16.5. The number of aliphatic hydroxyl groups excluding tert-OH is 1. The molecule has 4 N–H and O–H groups in total. The van der Waals surface area contributed by atoms with E-state index in [0.29, 0.717) is 18.9 Å². The Kier molecular flexibility index (Phi) is 7.53. The van der Waals surface area contributed by atoms with Gasteiger partial charge in [-0.15, -0.1) is 0 Å². The summed E-state index contributed by atoms with van der Waals surface area (Å²) >= 11 is 0. The fourth-order valence-electron chi connectivity index (χ4n) is 3.39. The Balaban J connectivity index is 1.72. The molecule has 0 spiro atoms. The topological polar surface area (TPSA) is 84.6 Å². The lowest BCUT2D eigenvalue weighted by Crippen LogP contribution is -2.47. The third kappa shape index (κ3) is 5.80. The third-order valence-corrected chi connectivity index (χ3v) is 4.85. The molecular formula is C19H30N2O3. The van der Waals surface area contributed by atoms with E-state index >= 15 is 0 Å². The molecule has 0 bridgehead atoms. The molecule has 24 heavy (non-hydrogen) atoms. The van der Waals surface area contributed by atoms with Gasteiger partial charge in [0, 0.05) is 12.6 Å².